The van der Waals surface area contributed by atoms with Crippen LogP contribution in [0.15, 0.2) is 85.2 Å². The number of carbonyl (C=O) groups excluding carboxylic acids is 2. The molecule has 0 spiro atoms. The molecule has 2 saturated heterocycles. The number of nitrogens with two attached hydrogens (primary N) is 1. The quantitative estimate of drug-likeness (QED) is 0.0899. The van der Waals surface area contributed by atoms with E-state index in [9.17, 15) is 19.7 Å². The average Bonchev–Trinajstić information content (AvgIpc) is 3.15. The van der Waals surface area contributed by atoms with Crippen LogP contribution in [0.1, 0.15) is 59.5 Å². The third-order valence-electron chi connectivity index (χ3n) is 8.95. The minimum absolute atomic E-state index is 0.101. The zero-order valence-corrected chi connectivity index (χ0v) is 31.5. The number of rotatable bonds is 11. The molecule has 54 heavy (non-hydrogen) atoms. The summed E-state index contributed by atoms with van der Waals surface area (Å²) in [5.74, 6) is 0.696. The predicted molar refractivity (Wildman–Crippen MR) is 209 cm³/mol. The van der Waals surface area contributed by atoms with Crippen molar-refractivity contribution >= 4 is 34.9 Å². The minimum atomic E-state index is -0.392. The molecule has 4 aromatic rings. The van der Waals surface area contributed by atoms with Gasteiger partial charge in [-0.15, -0.1) is 0 Å². The second kappa shape index (κ2) is 18.9. The van der Waals surface area contributed by atoms with Gasteiger partial charge in [0.05, 0.1) is 17.1 Å². The number of non-ortho nitro benzene ring substituents is 1. The van der Waals surface area contributed by atoms with Gasteiger partial charge in [0.15, 0.2) is 0 Å². The highest BCUT2D eigenvalue weighted by atomic mass is 16.6. The van der Waals surface area contributed by atoms with E-state index in [1.54, 1.807) is 48.8 Å². The number of hydrogen-bond acceptors (Lipinski definition) is 13. The highest BCUT2D eigenvalue weighted by Crippen LogP contribution is 2.23. The number of nitrogens with zero attached hydrogens (tertiary/aromatic N) is 7. The average molecular weight is 739 g/mol. The monoisotopic (exact) mass is 738 g/mol. The van der Waals surface area contributed by atoms with E-state index in [2.05, 4.69) is 35.6 Å². The number of nitrogen functional groups attached to an aromatic ring is 1. The zero-order chi connectivity index (χ0) is 38.6. The van der Waals surface area contributed by atoms with Gasteiger partial charge in [0.2, 0.25) is 0 Å². The second-order valence-electron chi connectivity index (χ2n) is 13.9. The van der Waals surface area contributed by atoms with E-state index < -0.39 is 4.92 Å². The second-order valence-corrected chi connectivity index (χ2v) is 13.9. The number of carbonyl (C=O) groups is 2. The van der Waals surface area contributed by atoms with Crippen LogP contribution in [0.5, 0.6) is 0 Å². The maximum Gasteiger partial charge on any atom is 0.342 e. The molecule has 14 nitrogen and oxygen atoms in total. The molecule has 2 fully saturated rings. The molecule has 0 aliphatic carbocycles. The van der Waals surface area contributed by atoms with E-state index >= 15 is 0 Å². The summed E-state index contributed by atoms with van der Waals surface area (Å²) < 4.78 is 10.7. The molecule has 2 aromatic carbocycles. The standard InChI is InChI=1S/C20H24N4O4.C20H26N4O2/c1-15(2)28-20(25)18-4-3-9-21-19(18)23-12-10-22(11-13-23)14-16-5-7-17(8-6-16)24(26)27;1-15(2)26-20(25)18-7-4-8-22-19(18)24-11-9-23(10-12-24)14-16-5-3-6-17(21)13-16/h3-9,15H,10-14H2,1-2H3;3-8,13,15H,9-12,14,21H2,1-2H3. The van der Waals surface area contributed by atoms with Crippen LogP contribution in [-0.2, 0) is 22.6 Å². The van der Waals surface area contributed by atoms with Crippen molar-refractivity contribution in [1.29, 1.82) is 0 Å². The lowest BCUT2D eigenvalue weighted by molar-refractivity contribution is -0.384. The van der Waals surface area contributed by atoms with E-state index in [-0.39, 0.29) is 29.8 Å². The molecule has 2 aliphatic heterocycles. The molecule has 0 radical (unpaired) electrons. The summed E-state index contributed by atoms with van der Waals surface area (Å²) in [7, 11) is 0. The summed E-state index contributed by atoms with van der Waals surface area (Å²) in [5.41, 5.74) is 10.0. The van der Waals surface area contributed by atoms with Gasteiger partial charge in [0, 0.05) is 95.7 Å². The van der Waals surface area contributed by atoms with E-state index in [1.807, 2.05) is 45.9 Å². The predicted octanol–water partition coefficient (Wildman–Crippen LogP) is 5.43. The normalized spacial score (nSPS) is 15.1. The van der Waals surface area contributed by atoms with Crippen LogP contribution in [0.3, 0.4) is 0 Å². The lowest BCUT2D eigenvalue weighted by atomic mass is 10.1. The van der Waals surface area contributed by atoms with Crippen molar-refractivity contribution in [3.8, 4) is 0 Å². The Bertz CT molecular complexity index is 1860. The molecule has 4 heterocycles. The summed E-state index contributed by atoms with van der Waals surface area (Å²) in [5, 5.41) is 10.8. The Morgan fingerprint density at radius 2 is 1.15 bits per heavy atom. The van der Waals surface area contributed by atoms with Crippen molar-refractivity contribution in [3.05, 3.63) is 118 Å². The van der Waals surface area contributed by atoms with Crippen LogP contribution in [-0.4, -0.2) is 101 Å². The summed E-state index contributed by atoms with van der Waals surface area (Å²) in [4.78, 5) is 52.8. The fraction of sp³-hybridized carbons (Fsp3) is 0.400. The fourth-order valence-corrected chi connectivity index (χ4v) is 6.34. The number of benzene rings is 2. The molecule has 2 aliphatic rings. The topological polar surface area (TPSA) is 161 Å². The van der Waals surface area contributed by atoms with Gasteiger partial charge in [-0.1, -0.05) is 24.3 Å². The first-order valence-electron chi connectivity index (χ1n) is 18.3. The van der Waals surface area contributed by atoms with Crippen LogP contribution in [0, 0.1) is 10.1 Å². The van der Waals surface area contributed by atoms with E-state index in [4.69, 9.17) is 15.2 Å². The molecule has 2 aromatic heterocycles. The zero-order valence-electron chi connectivity index (χ0n) is 31.5. The van der Waals surface area contributed by atoms with Gasteiger partial charge in [-0.05, 0) is 75.2 Å². The third-order valence-corrected chi connectivity index (χ3v) is 8.95. The molecule has 0 bridgehead atoms. The SMILES string of the molecule is CC(C)OC(=O)c1cccnc1N1CCN(Cc2ccc([N+](=O)[O-])cc2)CC1.CC(C)OC(=O)c1cccnc1N1CCN(Cc2cccc(N)c2)CC1. The first-order chi connectivity index (χ1) is 26.0. The molecule has 0 saturated carbocycles. The smallest absolute Gasteiger partial charge is 0.342 e. The number of nitro groups is 1. The molecule has 286 valence electrons. The molecule has 0 atom stereocenters. The van der Waals surface area contributed by atoms with Gasteiger partial charge in [0.1, 0.15) is 22.8 Å². The number of hydrogen-bond donors (Lipinski definition) is 1. The first-order valence-corrected chi connectivity index (χ1v) is 18.3. The van der Waals surface area contributed by atoms with E-state index in [0.717, 1.165) is 76.7 Å². The molecule has 0 unspecified atom stereocenters. The van der Waals surface area contributed by atoms with Crippen LogP contribution in [0.2, 0.25) is 0 Å². The van der Waals surface area contributed by atoms with Crippen molar-refractivity contribution in [2.24, 2.45) is 0 Å². The molecule has 0 amide bonds. The van der Waals surface area contributed by atoms with Crippen LogP contribution in [0.25, 0.3) is 0 Å². The van der Waals surface area contributed by atoms with Gasteiger partial charge >= 0.3 is 11.9 Å². The molecule has 14 heteroatoms. The van der Waals surface area contributed by atoms with Gasteiger partial charge < -0.3 is 25.0 Å². The summed E-state index contributed by atoms with van der Waals surface area (Å²) >= 11 is 0. The third kappa shape index (κ3) is 11.2. The Morgan fingerprint density at radius 1 is 0.685 bits per heavy atom. The molecule has 2 N–H and O–H groups in total. The molecular weight excluding hydrogens is 688 g/mol. The largest absolute Gasteiger partial charge is 0.459 e. The van der Waals surface area contributed by atoms with Gasteiger partial charge in [-0.25, -0.2) is 19.6 Å². The number of anilines is 3. The maximum absolute atomic E-state index is 12.4. The first kappa shape index (κ1) is 39.6. The van der Waals surface area contributed by atoms with Crippen molar-refractivity contribution in [2.45, 2.75) is 53.0 Å². The van der Waals surface area contributed by atoms with Crippen molar-refractivity contribution < 1.29 is 24.0 Å². The minimum Gasteiger partial charge on any atom is -0.459 e. The van der Waals surface area contributed by atoms with Crippen molar-refractivity contribution in [2.75, 3.05) is 67.9 Å². The number of aromatic nitrogens is 2. The number of pyridine rings is 2. The Morgan fingerprint density at radius 3 is 1.57 bits per heavy atom. The van der Waals surface area contributed by atoms with Crippen LogP contribution in [0.4, 0.5) is 23.0 Å². The summed E-state index contributed by atoms with van der Waals surface area (Å²) in [6, 6.07) is 21.7. The van der Waals surface area contributed by atoms with Gasteiger partial charge in [-0.2, -0.15) is 0 Å². The highest BCUT2D eigenvalue weighted by Gasteiger charge is 2.25. The van der Waals surface area contributed by atoms with Gasteiger partial charge in [-0.3, -0.25) is 19.9 Å². The Balaban J connectivity index is 0.000000208. The molecule has 6 rings (SSSR count). The Hall–Kier alpha value is -5.60. The Kier molecular flexibility index (Phi) is 13.9. The maximum atomic E-state index is 12.4. The lowest BCUT2D eigenvalue weighted by Gasteiger charge is -2.36. The number of piperazine rings is 2. The van der Waals surface area contributed by atoms with Crippen molar-refractivity contribution in [1.82, 2.24) is 19.8 Å². The summed E-state index contributed by atoms with van der Waals surface area (Å²) in [6.45, 7) is 15.5. The molecular formula is C40H50N8O6. The van der Waals surface area contributed by atoms with Crippen LogP contribution < -0.4 is 15.5 Å². The van der Waals surface area contributed by atoms with E-state index in [1.165, 1.54) is 17.7 Å². The fourth-order valence-electron chi connectivity index (χ4n) is 6.34. The van der Waals surface area contributed by atoms with E-state index in [0.29, 0.717) is 22.8 Å². The number of ether oxygens (including phenoxy) is 2. The number of nitro benzene ring substituents is 1. The Labute approximate surface area is 316 Å². The highest BCUT2D eigenvalue weighted by molar-refractivity contribution is 5.95. The summed E-state index contributed by atoms with van der Waals surface area (Å²) in [6.07, 6.45) is 3.08. The number of esters is 2. The lowest BCUT2D eigenvalue weighted by Crippen LogP contribution is -2.46. The van der Waals surface area contributed by atoms with Crippen molar-refractivity contribution in [3.63, 3.8) is 0 Å². The van der Waals surface area contributed by atoms with Gasteiger partial charge in [0.25, 0.3) is 5.69 Å². The van der Waals surface area contributed by atoms with Crippen LogP contribution >= 0.6 is 0 Å².